The molecule has 2 aliphatic carbocycles. The highest BCUT2D eigenvalue weighted by molar-refractivity contribution is 5.83. The van der Waals surface area contributed by atoms with Gasteiger partial charge in [-0.1, -0.05) is 0 Å². The molecule has 3 aliphatic rings. The largest absolute Gasteiger partial charge is 0.356 e. The molecule has 0 unspecified atom stereocenters. The fourth-order valence-electron chi connectivity index (χ4n) is 3.79. The van der Waals surface area contributed by atoms with Gasteiger partial charge in [-0.05, 0) is 30.6 Å². The van der Waals surface area contributed by atoms with Crippen molar-refractivity contribution in [1.29, 1.82) is 0 Å². The molecule has 0 aromatic rings. The third kappa shape index (κ3) is 0.754. The van der Waals surface area contributed by atoms with E-state index in [4.69, 9.17) is 0 Å². The van der Waals surface area contributed by atoms with Crippen LogP contribution in [0.4, 0.5) is 0 Å². The molecule has 1 heterocycles. The van der Waals surface area contributed by atoms with Crippen molar-refractivity contribution in [3.63, 3.8) is 0 Å². The SMILES string of the molecule is O=C[C@@H]1[C@H]2CC[C@@H]1[C@H]1C(=O)NC[C@@H]21. The Kier molecular flexibility index (Phi) is 1.35. The van der Waals surface area contributed by atoms with Crippen molar-refractivity contribution in [3.8, 4) is 0 Å². The topological polar surface area (TPSA) is 46.2 Å². The average Bonchev–Trinajstić information content (AvgIpc) is 2.75. The number of fused-ring (bicyclic) bond motifs is 5. The molecule has 3 nitrogen and oxygen atoms in total. The molecule has 1 aliphatic heterocycles. The van der Waals surface area contributed by atoms with Crippen LogP contribution in [0.25, 0.3) is 0 Å². The minimum atomic E-state index is 0.175. The van der Waals surface area contributed by atoms with Gasteiger partial charge in [0.25, 0.3) is 0 Å². The van der Waals surface area contributed by atoms with Gasteiger partial charge in [0.05, 0.1) is 0 Å². The van der Waals surface area contributed by atoms with E-state index in [1.165, 1.54) is 0 Å². The standard InChI is InChI=1S/C10H13NO2/c12-4-8-5-1-2-6(8)9-7(5)3-11-10(9)13/h4-9H,1-3H2,(H,11,13)/t5-,6-,7-,8+,9+/m0/s1. The zero-order valence-electron chi connectivity index (χ0n) is 7.40. The number of rotatable bonds is 1. The lowest BCUT2D eigenvalue weighted by molar-refractivity contribution is -0.124. The molecule has 2 bridgehead atoms. The summed E-state index contributed by atoms with van der Waals surface area (Å²) in [6.07, 6.45) is 3.33. The molecule has 13 heavy (non-hydrogen) atoms. The molecule has 0 aromatic heterocycles. The van der Waals surface area contributed by atoms with Crippen molar-refractivity contribution >= 4 is 12.2 Å². The summed E-state index contributed by atoms with van der Waals surface area (Å²) < 4.78 is 0. The van der Waals surface area contributed by atoms with Gasteiger partial charge in [0.1, 0.15) is 6.29 Å². The lowest BCUT2D eigenvalue weighted by Crippen LogP contribution is -2.26. The summed E-state index contributed by atoms with van der Waals surface area (Å²) in [6.45, 7) is 0.814. The lowest BCUT2D eigenvalue weighted by atomic mass is 9.81. The van der Waals surface area contributed by atoms with Gasteiger partial charge in [-0.3, -0.25) is 4.79 Å². The molecule has 70 valence electrons. The Morgan fingerprint density at radius 3 is 2.69 bits per heavy atom. The van der Waals surface area contributed by atoms with Gasteiger partial charge >= 0.3 is 0 Å². The molecule has 0 aromatic carbocycles. The van der Waals surface area contributed by atoms with Crippen LogP contribution in [0.3, 0.4) is 0 Å². The van der Waals surface area contributed by atoms with Crippen LogP contribution in [0.1, 0.15) is 12.8 Å². The Bertz CT molecular complexity index is 276. The van der Waals surface area contributed by atoms with Gasteiger partial charge in [-0.15, -0.1) is 0 Å². The maximum absolute atomic E-state index is 11.5. The van der Waals surface area contributed by atoms with Crippen LogP contribution in [0.15, 0.2) is 0 Å². The summed E-state index contributed by atoms with van der Waals surface area (Å²) in [5.74, 6) is 1.92. The van der Waals surface area contributed by atoms with E-state index in [0.717, 1.165) is 25.7 Å². The van der Waals surface area contributed by atoms with Crippen molar-refractivity contribution < 1.29 is 9.59 Å². The minimum Gasteiger partial charge on any atom is -0.356 e. The molecular weight excluding hydrogens is 166 g/mol. The van der Waals surface area contributed by atoms with Gasteiger partial charge in [0.15, 0.2) is 0 Å². The van der Waals surface area contributed by atoms with Crippen molar-refractivity contribution in [1.82, 2.24) is 5.32 Å². The summed E-state index contributed by atoms with van der Waals surface area (Å²) in [7, 11) is 0. The Balaban J connectivity index is 1.97. The highest BCUT2D eigenvalue weighted by Crippen LogP contribution is 2.56. The third-order valence-corrected chi connectivity index (χ3v) is 4.27. The van der Waals surface area contributed by atoms with Crippen LogP contribution < -0.4 is 5.32 Å². The predicted molar refractivity (Wildman–Crippen MR) is 45.8 cm³/mol. The fourth-order valence-corrected chi connectivity index (χ4v) is 3.79. The molecule has 0 radical (unpaired) electrons. The maximum atomic E-state index is 11.5. The molecular formula is C10H13NO2. The first-order chi connectivity index (χ1) is 6.33. The van der Waals surface area contributed by atoms with Crippen LogP contribution in [-0.4, -0.2) is 18.7 Å². The lowest BCUT2D eigenvalue weighted by Gasteiger charge is -2.20. The smallest absolute Gasteiger partial charge is 0.223 e. The third-order valence-electron chi connectivity index (χ3n) is 4.27. The summed E-state index contributed by atoms with van der Waals surface area (Å²) in [5, 5.41) is 2.91. The normalized spacial score (nSPS) is 52.0. The zero-order valence-corrected chi connectivity index (χ0v) is 7.40. The predicted octanol–water partition coefficient (Wildman–Crippen LogP) is 0.204. The summed E-state index contributed by atoms with van der Waals surface area (Å²) in [4.78, 5) is 22.4. The van der Waals surface area contributed by atoms with Crippen LogP contribution in [-0.2, 0) is 9.59 Å². The number of amides is 1. The van der Waals surface area contributed by atoms with E-state index in [-0.39, 0.29) is 17.7 Å². The highest BCUT2D eigenvalue weighted by Gasteiger charge is 2.59. The van der Waals surface area contributed by atoms with Crippen molar-refractivity contribution in [2.45, 2.75) is 12.8 Å². The second-order valence-corrected chi connectivity index (χ2v) is 4.55. The summed E-state index contributed by atoms with van der Waals surface area (Å²) in [5.41, 5.74) is 0. The van der Waals surface area contributed by atoms with Gasteiger partial charge in [-0.2, -0.15) is 0 Å². The van der Waals surface area contributed by atoms with E-state index in [1.807, 2.05) is 0 Å². The number of hydrogen-bond donors (Lipinski definition) is 1. The quantitative estimate of drug-likeness (QED) is 0.585. The van der Waals surface area contributed by atoms with Crippen molar-refractivity contribution in [2.75, 3.05) is 6.54 Å². The maximum Gasteiger partial charge on any atom is 0.223 e. The fraction of sp³-hybridized carbons (Fsp3) is 0.800. The molecule has 3 heteroatoms. The Morgan fingerprint density at radius 2 is 2.00 bits per heavy atom. The van der Waals surface area contributed by atoms with Crippen molar-refractivity contribution in [3.05, 3.63) is 0 Å². The molecule has 5 atom stereocenters. The van der Waals surface area contributed by atoms with Gasteiger partial charge < -0.3 is 10.1 Å². The monoisotopic (exact) mass is 179 g/mol. The van der Waals surface area contributed by atoms with Crippen LogP contribution >= 0.6 is 0 Å². The Hall–Kier alpha value is -0.860. The molecule has 1 N–H and O–H groups in total. The van der Waals surface area contributed by atoms with Crippen LogP contribution in [0.5, 0.6) is 0 Å². The zero-order chi connectivity index (χ0) is 9.00. The molecule has 3 fully saturated rings. The second kappa shape index (κ2) is 2.34. The van der Waals surface area contributed by atoms with E-state index < -0.39 is 0 Å². The first kappa shape index (κ1) is 7.54. The number of carbonyl (C=O) groups excluding carboxylic acids is 2. The molecule has 2 saturated carbocycles. The molecule has 3 rings (SSSR count). The molecule has 1 saturated heterocycles. The van der Waals surface area contributed by atoms with Gasteiger partial charge in [0, 0.05) is 18.4 Å². The van der Waals surface area contributed by atoms with E-state index in [2.05, 4.69) is 5.32 Å². The van der Waals surface area contributed by atoms with Gasteiger partial charge in [-0.25, -0.2) is 0 Å². The van der Waals surface area contributed by atoms with E-state index in [0.29, 0.717) is 17.8 Å². The number of nitrogens with one attached hydrogen (secondary N) is 1. The second-order valence-electron chi connectivity index (χ2n) is 4.55. The van der Waals surface area contributed by atoms with E-state index >= 15 is 0 Å². The number of hydrogen-bond acceptors (Lipinski definition) is 2. The van der Waals surface area contributed by atoms with Crippen molar-refractivity contribution in [2.24, 2.45) is 29.6 Å². The van der Waals surface area contributed by atoms with E-state index in [1.54, 1.807) is 0 Å². The summed E-state index contributed by atoms with van der Waals surface area (Å²) >= 11 is 0. The van der Waals surface area contributed by atoms with Crippen LogP contribution in [0, 0.1) is 29.6 Å². The van der Waals surface area contributed by atoms with Crippen LogP contribution in [0.2, 0.25) is 0 Å². The molecule has 1 amide bonds. The first-order valence-corrected chi connectivity index (χ1v) is 5.06. The number of aldehydes is 1. The summed E-state index contributed by atoms with van der Waals surface area (Å²) in [6, 6.07) is 0. The minimum absolute atomic E-state index is 0.175. The Morgan fingerprint density at radius 1 is 1.23 bits per heavy atom. The first-order valence-electron chi connectivity index (χ1n) is 5.06. The highest BCUT2D eigenvalue weighted by atomic mass is 16.2. The molecule has 0 spiro atoms. The van der Waals surface area contributed by atoms with E-state index in [9.17, 15) is 9.59 Å². The van der Waals surface area contributed by atoms with Gasteiger partial charge in [0.2, 0.25) is 5.91 Å². The Labute approximate surface area is 76.9 Å². The average molecular weight is 179 g/mol. The number of carbonyl (C=O) groups is 2.